The molecular weight excluding hydrogens is 236 g/mol. The van der Waals surface area contributed by atoms with Crippen molar-refractivity contribution in [1.29, 1.82) is 0 Å². The molecule has 0 saturated carbocycles. The number of aryl methyl sites for hydroxylation is 2. The van der Waals surface area contributed by atoms with Crippen LogP contribution in [0.3, 0.4) is 0 Å². The van der Waals surface area contributed by atoms with E-state index in [2.05, 4.69) is 36.2 Å². The molecule has 19 heavy (non-hydrogen) atoms. The molecule has 1 amide bonds. The predicted molar refractivity (Wildman–Crippen MR) is 77.2 cm³/mol. The Labute approximate surface area is 115 Å². The van der Waals surface area contributed by atoms with Gasteiger partial charge in [-0.1, -0.05) is 17.7 Å². The minimum absolute atomic E-state index is 0.184. The van der Waals surface area contributed by atoms with Crippen LogP contribution < -0.4 is 5.32 Å². The molecule has 3 rings (SSSR count). The Balaban J connectivity index is 1.71. The molecule has 0 spiro atoms. The first-order chi connectivity index (χ1) is 9.15. The van der Waals surface area contributed by atoms with Crippen molar-refractivity contribution in [3.63, 3.8) is 0 Å². The number of anilines is 1. The number of fused-ring (bicyclic) bond motifs is 1. The topological polar surface area (TPSA) is 32.3 Å². The van der Waals surface area contributed by atoms with Crippen molar-refractivity contribution in [2.24, 2.45) is 5.92 Å². The number of hydrogen-bond donors (Lipinski definition) is 1. The van der Waals surface area contributed by atoms with Gasteiger partial charge in [-0.05, 0) is 57.8 Å². The lowest BCUT2D eigenvalue weighted by Crippen LogP contribution is -2.33. The second-order valence-corrected chi connectivity index (χ2v) is 5.95. The summed E-state index contributed by atoms with van der Waals surface area (Å²) >= 11 is 0. The highest BCUT2D eigenvalue weighted by Gasteiger charge is 2.40. The average Bonchev–Trinajstić information content (AvgIpc) is 2.94. The third-order valence-electron chi connectivity index (χ3n) is 4.58. The third-order valence-corrected chi connectivity index (χ3v) is 4.58. The van der Waals surface area contributed by atoms with E-state index in [1.165, 1.54) is 24.9 Å². The van der Waals surface area contributed by atoms with Crippen LogP contribution >= 0.6 is 0 Å². The van der Waals surface area contributed by atoms with E-state index in [4.69, 9.17) is 0 Å². The molecule has 1 aromatic rings. The number of carbonyl (C=O) groups is 1. The number of amides is 1. The first-order valence-corrected chi connectivity index (χ1v) is 7.27. The molecule has 2 aliphatic heterocycles. The first-order valence-electron chi connectivity index (χ1n) is 7.27. The van der Waals surface area contributed by atoms with Crippen molar-refractivity contribution in [3.05, 3.63) is 29.3 Å². The van der Waals surface area contributed by atoms with E-state index in [0.29, 0.717) is 6.04 Å². The molecule has 2 atom stereocenters. The first kappa shape index (κ1) is 12.7. The molecule has 3 nitrogen and oxygen atoms in total. The molecule has 1 aromatic carbocycles. The van der Waals surface area contributed by atoms with Crippen molar-refractivity contribution < 1.29 is 4.79 Å². The zero-order chi connectivity index (χ0) is 13.4. The van der Waals surface area contributed by atoms with Crippen molar-refractivity contribution in [2.75, 3.05) is 18.4 Å². The number of rotatable bonds is 2. The molecule has 0 bridgehead atoms. The van der Waals surface area contributed by atoms with Gasteiger partial charge in [0.15, 0.2) is 0 Å². The maximum atomic E-state index is 12.5. The number of carbonyl (C=O) groups excluding carboxylic acids is 1. The van der Waals surface area contributed by atoms with Gasteiger partial charge in [0.2, 0.25) is 5.91 Å². The van der Waals surface area contributed by atoms with E-state index < -0.39 is 0 Å². The molecule has 0 aliphatic carbocycles. The number of nitrogens with zero attached hydrogens (tertiary/aromatic N) is 1. The molecule has 3 heteroatoms. The zero-order valence-corrected chi connectivity index (χ0v) is 11.8. The lowest BCUT2D eigenvalue weighted by Gasteiger charge is -2.20. The quantitative estimate of drug-likeness (QED) is 0.884. The highest BCUT2D eigenvalue weighted by molar-refractivity contribution is 5.94. The van der Waals surface area contributed by atoms with E-state index in [1.54, 1.807) is 0 Å². The van der Waals surface area contributed by atoms with Crippen molar-refractivity contribution >= 4 is 11.6 Å². The minimum Gasteiger partial charge on any atom is -0.326 e. The van der Waals surface area contributed by atoms with Gasteiger partial charge in [0.1, 0.15) is 0 Å². The lowest BCUT2D eigenvalue weighted by molar-refractivity contribution is -0.120. The Morgan fingerprint density at radius 1 is 1.26 bits per heavy atom. The molecule has 102 valence electrons. The SMILES string of the molecule is Cc1ccc(NC(=O)C2CCN3CCCC23)c(C)c1. The maximum absolute atomic E-state index is 12.5. The van der Waals surface area contributed by atoms with Crippen molar-refractivity contribution in [1.82, 2.24) is 4.90 Å². The Morgan fingerprint density at radius 2 is 2.11 bits per heavy atom. The predicted octanol–water partition coefficient (Wildman–Crippen LogP) is 2.73. The summed E-state index contributed by atoms with van der Waals surface area (Å²) < 4.78 is 0. The van der Waals surface area contributed by atoms with Gasteiger partial charge in [-0.25, -0.2) is 0 Å². The van der Waals surface area contributed by atoms with Crippen LogP contribution in [0.5, 0.6) is 0 Å². The van der Waals surface area contributed by atoms with E-state index in [0.717, 1.165) is 24.2 Å². The number of nitrogens with one attached hydrogen (secondary N) is 1. The maximum Gasteiger partial charge on any atom is 0.229 e. The van der Waals surface area contributed by atoms with Crippen molar-refractivity contribution in [3.8, 4) is 0 Å². The molecular formula is C16H22N2O. The highest BCUT2D eigenvalue weighted by atomic mass is 16.2. The molecule has 2 unspecified atom stereocenters. The van der Waals surface area contributed by atoms with Crippen LogP contribution in [-0.2, 0) is 4.79 Å². The fourth-order valence-electron chi connectivity index (χ4n) is 3.57. The molecule has 2 heterocycles. The van der Waals surface area contributed by atoms with Crippen LogP contribution in [0.1, 0.15) is 30.4 Å². The Morgan fingerprint density at radius 3 is 2.89 bits per heavy atom. The van der Waals surface area contributed by atoms with E-state index in [1.807, 2.05) is 6.07 Å². The van der Waals surface area contributed by atoms with E-state index in [-0.39, 0.29) is 11.8 Å². The standard InChI is InChI=1S/C16H22N2O/c1-11-5-6-14(12(2)10-11)17-16(19)13-7-9-18-8-3-4-15(13)18/h5-6,10,13,15H,3-4,7-9H2,1-2H3,(H,17,19). The Hall–Kier alpha value is -1.35. The minimum atomic E-state index is 0.184. The second-order valence-electron chi connectivity index (χ2n) is 5.95. The summed E-state index contributed by atoms with van der Waals surface area (Å²) in [5, 5.41) is 3.13. The zero-order valence-electron chi connectivity index (χ0n) is 11.8. The van der Waals surface area contributed by atoms with Crippen LogP contribution in [0, 0.1) is 19.8 Å². The summed E-state index contributed by atoms with van der Waals surface area (Å²) in [5.74, 6) is 0.393. The summed E-state index contributed by atoms with van der Waals surface area (Å²) in [6.07, 6.45) is 3.45. The number of hydrogen-bond acceptors (Lipinski definition) is 2. The van der Waals surface area contributed by atoms with E-state index >= 15 is 0 Å². The fourth-order valence-corrected chi connectivity index (χ4v) is 3.57. The van der Waals surface area contributed by atoms with Gasteiger partial charge in [-0.3, -0.25) is 9.69 Å². The van der Waals surface area contributed by atoms with Gasteiger partial charge in [0.25, 0.3) is 0 Å². The van der Waals surface area contributed by atoms with Gasteiger partial charge in [-0.2, -0.15) is 0 Å². The van der Waals surface area contributed by atoms with Gasteiger partial charge in [0.05, 0.1) is 5.92 Å². The summed E-state index contributed by atoms with van der Waals surface area (Å²) in [4.78, 5) is 14.9. The number of benzene rings is 1. The highest BCUT2D eigenvalue weighted by Crippen LogP contribution is 2.33. The molecule has 2 saturated heterocycles. The third kappa shape index (κ3) is 2.39. The lowest BCUT2D eigenvalue weighted by atomic mass is 9.97. The van der Waals surface area contributed by atoms with Crippen molar-refractivity contribution in [2.45, 2.75) is 39.2 Å². The van der Waals surface area contributed by atoms with Gasteiger partial charge in [-0.15, -0.1) is 0 Å². The monoisotopic (exact) mass is 258 g/mol. The molecule has 2 fully saturated rings. The second kappa shape index (κ2) is 4.97. The van der Waals surface area contributed by atoms with Gasteiger partial charge < -0.3 is 5.32 Å². The smallest absolute Gasteiger partial charge is 0.229 e. The van der Waals surface area contributed by atoms with Crippen LogP contribution in [0.2, 0.25) is 0 Å². The Bertz CT molecular complexity index is 498. The molecule has 2 aliphatic rings. The fraction of sp³-hybridized carbons (Fsp3) is 0.562. The van der Waals surface area contributed by atoms with Crippen LogP contribution in [0.4, 0.5) is 5.69 Å². The van der Waals surface area contributed by atoms with Crippen LogP contribution in [0.25, 0.3) is 0 Å². The summed E-state index contributed by atoms with van der Waals surface area (Å²) in [6, 6.07) is 6.68. The summed E-state index contributed by atoms with van der Waals surface area (Å²) in [7, 11) is 0. The molecule has 0 radical (unpaired) electrons. The van der Waals surface area contributed by atoms with Gasteiger partial charge in [0, 0.05) is 11.7 Å². The van der Waals surface area contributed by atoms with Crippen LogP contribution in [0.15, 0.2) is 18.2 Å². The van der Waals surface area contributed by atoms with Crippen LogP contribution in [-0.4, -0.2) is 29.9 Å². The largest absolute Gasteiger partial charge is 0.326 e. The van der Waals surface area contributed by atoms with Gasteiger partial charge >= 0.3 is 0 Å². The summed E-state index contributed by atoms with van der Waals surface area (Å²) in [6.45, 7) is 6.40. The normalized spacial score (nSPS) is 26.4. The Kier molecular flexibility index (Phi) is 3.31. The molecule has 1 N–H and O–H groups in total. The van der Waals surface area contributed by atoms with E-state index in [9.17, 15) is 4.79 Å². The average molecular weight is 258 g/mol. The molecule has 0 aromatic heterocycles. The summed E-state index contributed by atoms with van der Waals surface area (Å²) in [5.41, 5.74) is 3.35.